The lowest BCUT2D eigenvalue weighted by molar-refractivity contribution is -0.0698. The molecule has 12 heteroatoms. The van der Waals surface area contributed by atoms with Crippen LogP contribution in [0.4, 0.5) is 21.8 Å². The second kappa shape index (κ2) is 6.15. The molecule has 0 fully saturated rings. The summed E-state index contributed by atoms with van der Waals surface area (Å²) in [5.41, 5.74) is -1.71. The summed E-state index contributed by atoms with van der Waals surface area (Å²) in [7, 11) is -3.13. The molecule has 3 aromatic heterocycles. The van der Waals surface area contributed by atoms with Crippen LogP contribution < -0.4 is 10.7 Å². The van der Waals surface area contributed by atoms with Gasteiger partial charge in [0.2, 0.25) is 0 Å². The third-order valence-corrected chi connectivity index (χ3v) is 6.32. The van der Waals surface area contributed by atoms with E-state index >= 15 is 0 Å². The first-order valence-corrected chi connectivity index (χ1v) is 9.50. The van der Waals surface area contributed by atoms with E-state index in [0.29, 0.717) is 27.8 Å². The minimum absolute atomic E-state index is 0.0213. The normalized spacial score (nSPS) is 15.4. The standard InChI is InChI=1S/C14H6BF5N2S4/c16-14(17,18)13(6-1-9-5(21-6)2-11(23)25-9)8-3-10-7(4-12(24)26-10)22(8)15(19)20/h1-4,21,24H/b13-6+. The summed E-state index contributed by atoms with van der Waals surface area (Å²) in [6, 6.07) is 3.76. The molecule has 0 spiro atoms. The summed E-state index contributed by atoms with van der Waals surface area (Å²) in [6.45, 7) is 0. The summed E-state index contributed by atoms with van der Waals surface area (Å²) in [4.78, 5) is 3.20. The average Bonchev–Trinajstić information content (AvgIpc) is 3.16. The molecule has 1 N–H and O–H groups in total. The lowest BCUT2D eigenvalue weighted by atomic mass is 10.1. The lowest BCUT2D eigenvalue weighted by Crippen LogP contribution is -2.27. The van der Waals surface area contributed by atoms with Crippen LogP contribution in [0.15, 0.2) is 27.3 Å². The number of alkyl halides is 3. The Balaban J connectivity index is 2.09. The molecule has 0 radical (unpaired) electrons. The van der Waals surface area contributed by atoms with Crippen molar-refractivity contribution in [2.45, 2.75) is 15.3 Å². The number of hydrogen-bond donors (Lipinski definition) is 2. The summed E-state index contributed by atoms with van der Waals surface area (Å²) in [5.74, 6) is 0. The van der Waals surface area contributed by atoms with E-state index in [4.69, 9.17) is 12.2 Å². The van der Waals surface area contributed by atoms with Crippen LogP contribution in [0.5, 0.6) is 0 Å². The number of aromatic amines is 1. The maximum absolute atomic E-state index is 13.8. The Morgan fingerprint density at radius 3 is 2.58 bits per heavy atom. The van der Waals surface area contributed by atoms with Crippen LogP contribution in [-0.4, -0.2) is 27.2 Å². The van der Waals surface area contributed by atoms with Crippen molar-refractivity contribution < 1.29 is 21.8 Å². The molecule has 0 atom stereocenters. The van der Waals surface area contributed by atoms with Crippen LogP contribution in [0, 0.1) is 0 Å². The highest BCUT2D eigenvalue weighted by Crippen LogP contribution is 2.38. The number of fused-ring (bicyclic) bond motifs is 2. The van der Waals surface area contributed by atoms with E-state index in [1.165, 1.54) is 12.1 Å². The fourth-order valence-corrected chi connectivity index (χ4v) is 5.29. The summed E-state index contributed by atoms with van der Waals surface area (Å²) in [6.07, 6.45) is -3.29. The smallest absolute Gasteiger partial charge is 0.354 e. The van der Waals surface area contributed by atoms with Gasteiger partial charge in [0, 0.05) is 10.6 Å². The second-order valence-corrected chi connectivity index (χ2v) is 9.06. The van der Waals surface area contributed by atoms with Gasteiger partial charge in [-0.1, -0.05) is 24.0 Å². The number of H-pyrrole nitrogens is 1. The van der Waals surface area contributed by atoms with Gasteiger partial charge in [0.15, 0.2) is 0 Å². The number of nitrogens with one attached hydrogen (secondary N) is 1. The number of thiocarbonyl (C=S) groups is 1. The van der Waals surface area contributed by atoms with E-state index in [1.807, 2.05) is 0 Å². The Hall–Kier alpha value is -1.24. The summed E-state index contributed by atoms with van der Waals surface area (Å²) >= 11 is 11.3. The van der Waals surface area contributed by atoms with E-state index in [2.05, 4.69) is 17.6 Å². The third-order valence-electron chi connectivity index (χ3n) is 3.80. The van der Waals surface area contributed by atoms with Crippen molar-refractivity contribution in [1.29, 1.82) is 0 Å². The van der Waals surface area contributed by atoms with Gasteiger partial charge in [0.1, 0.15) is 5.57 Å². The van der Waals surface area contributed by atoms with Crippen molar-refractivity contribution in [2.75, 3.05) is 0 Å². The molecule has 0 saturated carbocycles. The quantitative estimate of drug-likeness (QED) is 0.274. The Morgan fingerprint density at radius 2 is 1.96 bits per heavy atom. The molecule has 2 nitrogen and oxygen atoms in total. The van der Waals surface area contributed by atoms with Crippen molar-refractivity contribution in [1.82, 2.24) is 9.46 Å². The Bertz CT molecular complexity index is 1170. The minimum atomic E-state index is -4.83. The fourth-order valence-electron chi connectivity index (χ4n) is 2.87. The van der Waals surface area contributed by atoms with Crippen molar-refractivity contribution in [3.8, 4) is 0 Å². The van der Waals surface area contributed by atoms with Gasteiger partial charge in [0.25, 0.3) is 0 Å². The molecule has 4 heterocycles. The number of nitrogens with zero attached hydrogens (tertiary/aromatic N) is 1. The summed E-state index contributed by atoms with van der Waals surface area (Å²) < 4.78 is 70.3. The molecule has 3 aromatic rings. The molecule has 1 aliphatic rings. The van der Waals surface area contributed by atoms with Crippen LogP contribution >= 0.6 is 47.9 Å². The van der Waals surface area contributed by atoms with E-state index < -0.39 is 24.8 Å². The molecule has 0 saturated heterocycles. The van der Waals surface area contributed by atoms with Crippen LogP contribution in [-0.2, 0) is 0 Å². The van der Waals surface area contributed by atoms with Gasteiger partial charge >= 0.3 is 13.6 Å². The van der Waals surface area contributed by atoms with Gasteiger partial charge < -0.3 is 9.46 Å². The molecule has 134 valence electrons. The molecule has 26 heavy (non-hydrogen) atoms. The number of aromatic nitrogens is 2. The molecular formula is C14H6BF5N2S4. The van der Waals surface area contributed by atoms with Gasteiger partial charge in [0.05, 0.1) is 29.3 Å². The molecule has 0 amide bonds. The predicted octanol–water partition coefficient (Wildman–Crippen LogP) is 4.07. The van der Waals surface area contributed by atoms with Crippen LogP contribution in [0.1, 0.15) is 5.69 Å². The highest BCUT2D eigenvalue weighted by Gasteiger charge is 2.40. The van der Waals surface area contributed by atoms with Crippen LogP contribution in [0.2, 0.25) is 0 Å². The monoisotopic (exact) mass is 436 g/mol. The number of halogens is 5. The number of thiol groups is 1. The van der Waals surface area contributed by atoms with Gasteiger partial charge in [-0.25, -0.2) is 0 Å². The number of thioether (sulfide) groups is 1. The van der Waals surface area contributed by atoms with Gasteiger partial charge in [-0.15, -0.1) is 24.0 Å². The maximum atomic E-state index is 13.8. The molecule has 1 aliphatic heterocycles. The molecule has 4 rings (SSSR count). The average molecular weight is 436 g/mol. The molecular weight excluding hydrogens is 430 g/mol. The lowest BCUT2D eigenvalue weighted by Gasteiger charge is -2.13. The zero-order chi connectivity index (χ0) is 18.8. The van der Waals surface area contributed by atoms with Gasteiger partial charge in [-0.2, -0.15) is 13.2 Å². The number of hydrogen-bond acceptors (Lipinski definition) is 4. The highest BCUT2D eigenvalue weighted by molar-refractivity contribution is 8.24. The van der Waals surface area contributed by atoms with E-state index in [1.54, 1.807) is 6.08 Å². The maximum Gasteiger partial charge on any atom is 0.678 e. The van der Waals surface area contributed by atoms with Crippen LogP contribution in [0.25, 0.3) is 21.9 Å². The van der Waals surface area contributed by atoms with Crippen LogP contribution in [0.3, 0.4) is 0 Å². The Labute approximate surface area is 162 Å². The zero-order valence-electron chi connectivity index (χ0n) is 12.4. The Kier molecular flexibility index (Phi) is 4.29. The van der Waals surface area contributed by atoms with Crippen molar-refractivity contribution in [2.24, 2.45) is 0 Å². The molecule has 0 aliphatic carbocycles. The van der Waals surface area contributed by atoms with E-state index in [0.717, 1.165) is 29.2 Å². The highest BCUT2D eigenvalue weighted by atomic mass is 32.2. The zero-order valence-corrected chi connectivity index (χ0v) is 15.7. The molecule has 0 bridgehead atoms. The SMILES string of the molecule is FB(F)n1c(/C(=c2/cc3c([nH]2)=CC(=S)S3)C(F)(F)F)cc2sc(S)cc21. The van der Waals surface area contributed by atoms with Crippen molar-refractivity contribution in [3.05, 3.63) is 34.6 Å². The first-order valence-electron chi connectivity index (χ1n) is 7.01. The third kappa shape index (κ3) is 2.92. The van der Waals surface area contributed by atoms with E-state index in [-0.39, 0.29) is 10.9 Å². The summed E-state index contributed by atoms with van der Waals surface area (Å²) in [5, 5.41) is 0.179. The Morgan fingerprint density at radius 1 is 1.23 bits per heavy atom. The van der Waals surface area contributed by atoms with Crippen molar-refractivity contribution in [3.63, 3.8) is 0 Å². The first-order chi connectivity index (χ1) is 12.1. The van der Waals surface area contributed by atoms with Gasteiger partial charge in [-0.3, -0.25) is 8.63 Å². The molecule has 0 aromatic carbocycles. The second-order valence-electron chi connectivity index (χ2n) is 5.41. The minimum Gasteiger partial charge on any atom is -0.354 e. The fraction of sp³-hybridized carbons (Fsp3) is 0.0714. The van der Waals surface area contributed by atoms with E-state index in [9.17, 15) is 21.8 Å². The van der Waals surface area contributed by atoms with Crippen molar-refractivity contribution >= 4 is 81.4 Å². The number of thiophene rings is 1. The topological polar surface area (TPSA) is 20.7 Å². The molecule has 0 unspecified atom stereocenters. The number of rotatable bonds is 2. The first kappa shape index (κ1) is 18.1. The predicted molar refractivity (Wildman–Crippen MR) is 102 cm³/mol. The largest absolute Gasteiger partial charge is 0.678 e. The van der Waals surface area contributed by atoms with Gasteiger partial charge in [-0.05, 0) is 24.3 Å².